The fraction of sp³-hybridized carbons (Fsp3) is 0.125. The molecule has 6 nitrogen and oxygen atoms in total. The molecule has 0 aliphatic rings. The van der Waals surface area contributed by atoms with Gasteiger partial charge in [-0.3, -0.25) is 0 Å². The third-order valence-electron chi connectivity index (χ3n) is 3.22. The third kappa shape index (κ3) is 4.02. The number of nitrogens with zero attached hydrogens (tertiary/aromatic N) is 3. The summed E-state index contributed by atoms with van der Waals surface area (Å²) in [7, 11) is 0. The highest BCUT2D eigenvalue weighted by Crippen LogP contribution is 2.26. The SMILES string of the molecule is CC(N/C(=C(/C#N)C(=O)O)c1cccnc1Cl)c1ccc(Cl)nc1. The molecule has 122 valence electrons. The molecule has 0 spiro atoms. The molecule has 0 aromatic carbocycles. The number of hydrogen-bond donors (Lipinski definition) is 2. The van der Waals surface area contributed by atoms with E-state index in [-0.39, 0.29) is 16.9 Å². The Morgan fingerprint density at radius 2 is 2.08 bits per heavy atom. The van der Waals surface area contributed by atoms with Gasteiger partial charge < -0.3 is 10.4 Å². The minimum absolute atomic E-state index is 0.0885. The average molecular weight is 363 g/mol. The molecule has 2 aromatic rings. The van der Waals surface area contributed by atoms with Crippen LogP contribution in [-0.2, 0) is 4.79 Å². The van der Waals surface area contributed by atoms with E-state index in [2.05, 4.69) is 15.3 Å². The molecule has 2 aromatic heterocycles. The number of nitrogens with one attached hydrogen (secondary N) is 1. The van der Waals surface area contributed by atoms with Gasteiger partial charge in [-0.05, 0) is 30.7 Å². The highest BCUT2D eigenvalue weighted by Gasteiger charge is 2.20. The number of nitriles is 1. The summed E-state index contributed by atoms with van der Waals surface area (Å²) in [5.74, 6) is -1.36. The van der Waals surface area contributed by atoms with Gasteiger partial charge in [-0.15, -0.1) is 0 Å². The van der Waals surface area contributed by atoms with Crippen molar-refractivity contribution >= 4 is 34.9 Å². The molecule has 1 unspecified atom stereocenters. The van der Waals surface area contributed by atoms with Gasteiger partial charge in [-0.25, -0.2) is 14.8 Å². The zero-order chi connectivity index (χ0) is 17.7. The summed E-state index contributed by atoms with van der Waals surface area (Å²) in [6.45, 7) is 1.80. The van der Waals surface area contributed by atoms with Gasteiger partial charge in [-0.2, -0.15) is 5.26 Å². The number of halogens is 2. The van der Waals surface area contributed by atoms with Gasteiger partial charge in [0.25, 0.3) is 0 Å². The lowest BCUT2D eigenvalue weighted by Crippen LogP contribution is -2.21. The van der Waals surface area contributed by atoms with E-state index in [1.54, 1.807) is 43.5 Å². The number of carbonyl (C=O) groups is 1. The van der Waals surface area contributed by atoms with Crippen LogP contribution in [0.3, 0.4) is 0 Å². The largest absolute Gasteiger partial charge is 0.477 e. The Labute approximate surface area is 148 Å². The van der Waals surface area contributed by atoms with Crippen LogP contribution in [0.4, 0.5) is 0 Å². The maximum absolute atomic E-state index is 11.4. The normalized spacial score (nSPS) is 12.8. The maximum atomic E-state index is 11.4. The Balaban J connectivity index is 2.48. The standard InChI is InChI=1S/C16H12Cl2N4O2/c1-9(10-4-5-13(17)21-8-10)22-14(12(7-19)16(23)24)11-3-2-6-20-15(11)18/h2-6,8-9,22H,1H3,(H,23,24)/b14-12-. The van der Waals surface area contributed by atoms with Crippen LogP contribution in [0.15, 0.2) is 42.2 Å². The lowest BCUT2D eigenvalue weighted by Gasteiger charge is -2.19. The molecule has 0 bridgehead atoms. The van der Waals surface area contributed by atoms with Crippen LogP contribution in [-0.4, -0.2) is 21.0 Å². The Hall–Kier alpha value is -2.62. The molecule has 0 fully saturated rings. The summed E-state index contributed by atoms with van der Waals surface area (Å²) in [6.07, 6.45) is 3.04. The number of aliphatic carboxylic acids is 1. The first-order valence-corrected chi connectivity index (χ1v) is 7.56. The number of rotatable bonds is 5. The van der Waals surface area contributed by atoms with Gasteiger partial charge in [0.1, 0.15) is 16.4 Å². The summed E-state index contributed by atoms with van der Waals surface area (Å²) < 4.78 is 0. The first kappa shape index (κ1) is 17.7. The van der Waals surface area contributed by atoms with Crippen molar-refractivity contribution in [1.82, 2.24) is 15.3 Å². The zero-order valence-electron chi connectivity index (χ0n) is 12.5. The van der Waals surface area contributed by atoms with Crippen LogP contribution in [0.1, 0.15) is 24.1 Å². The van der Waals surface area contributed by atoms with Crippen LogP contribution >= 0.6 is 23.2 Å². The molecule has 0 saturated carbocycles. The monoisotopic (exact) mass is 362 g/mol. The van der Waals surface area contributed by atoms with Gasteiger partial charge in [-0.1, -0.05) is 29.3 Å². The maximum Gasteiger partial charge on any atom is 0.348 e. The molecule has 8 heteroatoms. The van der Waals surface area contributed by atoms with Gasteiger partial charge in [0.15, 0.2) is 5.57 Å². The third-order valence-corrected chi connectivity index (χ3v) is 3.74. The van der Waals surface area contributed by atoms with E-state index in [9.17, 15) is 15.2 Å². The summed E-state index contributed by atoms with van der Waals surface area (Å²) in [5.41, 5.74) is 0.718. The Morgan fingerprint density at radius 1 is 1.33 bits per heavy atom. The van der Waals surface area contributed by atoms with Crippen LogP contribution in [0, 0.1) is 11.3 Å². The summed E-state index contributed by atoms with van der Waals surface area (Å²) in [4.78, 5) is 19.3. The first-order valence-electron chi connectivity index (χ1n) is 6.80. The van der Waals surface area contributed by atoms with Crippen molar-refractivity contribution in [2.24, 2.45) is 0 Å². The number of hydrogen-bond acceptors (Lipinski definition) is 5. The van der Waals surface area contributed by atoms with Crippen molar-refractivity contribution in [3.8, 4) is 6.07 Å². The molecule has 24 heavy (non-hydrogen) atoms. The molecule has 0 amide bonds. The molecule has 0 aliphatic heterocycles. The van der Waals surface area contributed by atoms with Crippen LogP contribution in [0.25, 0.3) is 5.70 Å². The van der Waals surface area contributed by atoms with E-state index in [0.717, 1.165) is 5.56 Å². The van der Waals surface area contributed by atoms with Gasteiger partial charge in [0.05, 0.1) is 11.7 Å². The van der Waals surface area contributed by atoms with Crippen molar-refractivity contribution in [1.29, 1.82) is 5.26 Å². The number of pyridine rings is 2. The van der Waals surface area contributed by atoms with E-state index < -0.39 is 11.5 Å². The Morgan fingerprint density at radius 3 is 2.62 bits per heavy atom. The van der Waals surface area contributed by atoms with Gasteiger partial charge >= 0.3 is 5.97 Å². The Kier molecular flexibility index (Phi) is 5.74. The molecule has 0 radical (unpaired) electrons. The fourth-order valence-electron chi connectivity index (χ4n) is 2.01. The highest BCUT2D eigenvalue weighted by molar-refractivity contribution is 6.31. The molecule has 1 atom stereocenters. The van der Waals surface area contributed by atoms with Crippen LogP contribution in [0.5, 0.6) is 0 Å². The molecule has 2 N–H and O–H groups in total. The fourth-order valence-corrected chi connectivity index (χ4v) is 2.34. The molecular formula is C16H12Cl2N4O2. The lowest BCUT2D eigenvalue weighted by molar-refractivity contribution is -0.132. The molecular weight excluding hydrogens is 351 g/mol. The van der Waals surface area contributed by atoms with Gasteiger partial charge in [0.2, 0.25) is 0 Å². The molecule has 2 rings (SSSR count). The number of aromatic nitrogens is 2. The zero-order valence-corrected chi connectivity index (χ0v) is 14.0. The summed E-state index contributed by atoms with van der Waals surface area (Å²) in [5, 5.41) is 22.0. The van der Waals surface area contributed by atoms with Gasteiger partial charge in [0, 0.05) is 18.0 Å². The van der Waals surface area contributed by atoms with E-state index in [0.29, 0.717) is 10.7 Å². The predicted octanol–water partition coefficient (Wildman–Crippen LogP) is 3.45. The molecule has 0 aliphatic carbocycles. The van der Waals surface area contributed by atoms with E-state index in [1.807, 2.05) is 0 Å². The first-order chi connectivity index (χ1) is 11.4. The topological polar surface area (TPSA) is 98.9 Å². The van der Waals surface area contributed by atoms with Crippen LogP contribution < -0.4 is 5.32 Å². The van der Waals surface area contributed by atoms with Crippen molar-refractivity contribution < 1.29 is 9.90 Å². The number of carboxylic acid groups (broad SMARTS) is 1. The van der Waals surface area contributed by atoms with Crippen molar-refractivity contribution in [2.75, 3.05) is 0 Å². The second kappa shape index (κ2) is 7.77. The van der Waals surface area contributed by atoms with Crippen molar-refractivity contribution in [2.45, 2.75) is 13.0 Å². The van der Waals surface area contributed by atoms with E-state index in [4.69, 9.17) is 23.2 Å². The minimum atomic E-state index is -1.36. The van der Waals surface area contributed by atoms with Crippen LogP contribution in [0.2, 0.25) is 10.3 Å². The second-order valence-electron chi connectivity index (χ2n) is 4.79. The number of carboxylic acids is 1. The second-order valence-corrected chi connectivity index (χ2v) is 5.53. The quantitative estimate of drug-likeness (QED) is 0.480. The van der Waals surface area contributed by atoms with E-state index >= 15 is 0 Å². The average Bonchev–Trinajstić information content (AvgIpc) is 2.55. The molecule has 0 saturated heterocycles. The smallest absolute Gasteiger partial charge is 0.348 e. The predicted molar refractivity (Wildman–Crippen MR) is 90.2 cm³/mol. The van der Waals surface area contributed by atoms with Crippen molar-refractivity contribution in [3.05, 3.63) is 63.7 Å². The lowest BCUT2D eigenvalue weighted by atomic mass is 10.1. The molecule has 2 heterocycles. The summed E-state index contributed by atoms with van der Waals surface area (Å²) >= 11 is 11.8. The van der Waals surface area contributed by atoms with Crippen molar-refractivity contribution in [3.63, 3.8) is 0 Å². The minimum Gasteiger partial charge on any atom is -0.477 e. The Bertz CT molecular complexity index is 829. The summed E-state index contributed by atoms with van der Waals surface area (Å²) in [6, 6.07) is 7.91. The highest BCUT2D eigenvalue weighted by atomic mass is 35.5. The van der Waals surface area contributed by atoms with E-state index in [1.165, 1.54) is 6.20 Å².